The Balaban J connectivity index is 1.77. The lowest BCUT2D eigenvalue weighted by atomic mass is 9.85. The monoisotopic (exact) mass is 293 g/mol. The van der Waals surface area contributed by atoms with Crippen molar-refractivity contribution in [1.82, 2.24) is 9.78 Å². The van der Waals surface area contributed by atoms with E-state index >= 15 is 0 Å². The zero-order valence-corrected chi connectivity index (χ0v) is 11.8. The number of anilines is 1. The average molecular weight is 294 g/mol. The number of aromatic nitrogens is 2. The van der Waals surface area contributed by atoms with Crippen LogP contribution in [-0.2, 0) is 13.1 Å². The minimum Gasteiger partial charge on any atom is -0.467 e. The summed E-state index contributed by atoms with van der Waals surface area (Å²) in [6.45, 7) is 1.10. The second kappa shape index (κ2) is 5.71. The largest absolute Gasteiger partial charge is 0.467 e. The zero-order valence-electron chi connectivity index (χ0n) is 11.0. The molecule has 2 aromatic heterocycles. The van der Waals surface area contributed by atoms with Crippen molar-refractivity contribution in [3.05, 3.63) is 45.7 Å². The van der Waals surface area contributed by atoms with E-state index in [1.165, 1.54) is 30.1 Å². The molecule has 0 spiro atoms. The summed E-state index contributed by atoms with van der Waals surface area (Å²) in [4.78, 5) is 12.3. The minimum absolute atomic E-state index is 0.170. The Hall–Kier alpha value is -1.75. The van der Waals surface area contributed by atoms with Crippen molar-refractivity contribution in [3.63, 3.8) is 0 Å². The molecule has 0 radical (unpaired) electrons. The Kier molecular flexibility index (Phi) is 3.78. The van der Waals surface area contributed by atoms with Crippen LogP contribution in [0.1, 0.15) is 25.0 Å². The third-order valence-corrected chi connectivity index (χ3v) is 3.96. The first-order valence-electron chi connectivity index (χ1n) is 6.76. The summed E-state index contributed by atoms with van der Waals surface area (Å²) < 4.78 is 6.73. The van der Waals surface area contributed by atoms with E-state index in [9.17, 15) is 4.79 Å². The lowest BCUT2D eigenvalue weighted by molar-refractivity contribution is 0.262. The van der Waals surface area contributed by atoms with Crippen LogP contribution in [0.25, 0.3) is 0 Å². The molecule has 3 rings (SSSR count). The van der Waals surface area contributed by atoms with Gasteiger partial charge in [-0.1, -0.05) is 18.0 Å². The van der Waals surface area contributed by atoms with Crippen molar-refractivity contribution in [2.24, 2.45) is 5.92 Å². The highest BCUT2D eigenvalue weighted by Crippen LogP contribution is 2.27. The van der Waals surface area contributed by atoms with E-state index in [1.54, 1.807) is 12.3 Å². The normalized spacial score (nSPS) is 15.1. The van der Waals surface area contributed by atoms with Gasteiger partial charge >= 0.3 is 0 Å². The summed E-state index contributed by atoms with van der Waals surface area (Å²) in [5, 5.41) is 7.49. The van der Waals surface area contributed by atoms with Crippen LogP contribution in [-0.4, -0.2) is 9.78 Å². The van der Waals surface area contributed by atoms with Gasteiger partial charge in [0.25, 0.3) is 5.56 Å². The molecule has 1 aliphatic rings. The number of halogens is 1. The van der Waals surface area contributed by atoms with Gasteiger partial charge in [0.2, 0.25) is 0 Å². The fraction of sp³-hybridized carbons (Fsp3) is 0.429. The lowest BCUT2D eigenvalue weighted by Crippen LogP contribution is -2.30. The standard InChI is InChI=1S/C14H16ClN3O2/c15-12-8-17-18(9-10-3-1-4-10)14(19)13(12)16-7-11-5-2-6-20-11/h2,5-6,8,10,16H,1,3-4,7,9H2. The van der Waals surface area contributed by atoms with E-state index in [-0.39, 0.29) is 5.56 Å². The van der Waals surface area contributed by atoms with E-state index in [0.29, 0.717) is 29.7 Å². The first kappa shape index (κ1) is 13.2. The molecule has 0 bridgehead atoms. The Morgan fingerprint density at radius 3 is 3.00 bits per heavy atom. The second-order valence-corrected chi connectivity index (χ2v) is 5.49. The van der Waals surface area contributed by atoms with Crippen LogP contribution in [0.5, 0.6) is 0 Å². The SMILES string of the molecule is O=c1c(NCc2ccco2)c(Cl)cnn1CC1CCC1. The second-order valence-electron chi connectivity index (χ2n) is 5.08. The molecule has 0 unspecified atom stereocenters. The maximum absolute atomic E-state index is 12.3. The number of nitrogens with one attached hydrogen (secondary N) is 1. The van der Waals surface area contributed by atoms with Crippen molar-refractivity contribution in [2.45, 2.75) is 32.4 Å². The first-order valence-corrected chi connectivity index (χ1v) is 7.13. The van der Waals surface area contributed by atoms with Crippen molar-refractivity contribution < 1.29 is 4.42 Å². The molecule has 0 amide bonds. The number of hydrogen-bond acceptors (Lipinski definition) is 4. The van der Waals surface area contributed by atoms with Crippen LogP contribution in [0, 0.1) is 5.92 Å². The summed E-state index contributed by atoms with van der Waals surface area (Å²) in [5.41, 5.74) is 0.216. The Bertz CT molecular complexity index is 632. The van der Waals surface area contributed by atoms with Crippen molar-refractivity contribution in [1.29, 1.82) is 0 Å². The molecular weight excluding hydrogens is 278 g/mol. The predicted molar refractivity (Wildman–Crippen MR) is 76.9 cm³/mol. The molecule has 1 saturated carbocycles. The Morgan fingerprint density at radius 1 is 1.50 bits per heavy atom. The van der Waals surface area contributed by atoms with E-state index in [2.05, 4.69) is 10.4 Å². The zero-order chi connectivity index (χ0) is 13.9. The molecule has 1 fully saturated rings. The molecule has 2 aromatic rings. The van der Waals surface area contributed by atoms with Gasteiger partial charge in [-0.05, 0) is 30.9 Å². The van der Waals surface area contributed by atoms with Gasteiger partial charge in [-0.25, -0.2) is 4.68 Å². The number of hydrogen-bond donors (Lipinski definition) is 1. The summed E-state index contributed by atoms with van der Waals surface area (Å²) in [6, 6.07) is 3.65. The van der Waals surface area contributed by atoms with Gasteiger partial charge in [-0.15, -0.1) is 0 Å². The summed E-state index contributed by atoms with van der Waals surface area (Å²) in [5.74, 6) is 1.32. The van der Waals surface area contributed by atoms with E-state index in [1.807, 2.05) is 6.07 Å². The molecule has 6 heteroatoms. The maximum Gasteiger partial charge on any atom is 0.291 e. The number of rotatable bonds is 5. The predicted octanol–water partition coefficient (Wildman–Crippen LogP) is 2.90. The minimum atomic E-state index is -0.170. The summed E-state index contributed by atoms with van der Waals surface area (Å²) in [7, 11) is 0. The molecule has 2 heterocycles. The topological polar surface area (TPSA) is 60.1 Å². The van der Waals surface area contributed by atoms with Gasteiger partial charge in [0.05, 0.1) is 24.0 Å². The molecular formula is C14H16ClN3O2. The van der Waals surface area contributed by atoms with Crippen LogP contribution in [0.2, 0.25) is 5.02 Å². The van der Waals surface area contributed by atoms with Gasteiger partial charge < -0.3 is 9.73 Å². The van der Waals surface area contributed by atoms with Gasteiger partial charge in [0.1, 0.15) is 11.4 Å². The van der Waals surface area contributed by atoms with Gasteiger partial charge in [-0.2, -0.15) is 5.10 Å². The van der Waals surface area contributed by atoms with E-state index < -0.39 is 0 Å². The molecule has 1 N–H and O–H groups in total. The smallest absolute Gasteiger partial charge is 0.291 e. The molecule has 20 heavy (non-hydrogen) atoms. The highest BCUT2D eigenvalue weighted by Gasteiger charge is 2.20. The van der Waals surface area contributed by atoms with Crippen LogP contribution in [0.4, 0.5) is 5.69 Å². The number of nitrogens with zero attached hydrogens (tertiary/aromatic N) is 2. The summed E-state index contributed by atoms with van der Waals surface area (Å²) in [6.07, 6.45) is 6.71. The molecule has 0 atom stereocenters. The fourth-order valence-corrected chi connectivity index (χ4v) is 2.46. The third-order valence-electron chi connectivity index (χ3n) is 3.67. The van der Waals surface area contributed by atoms with Crippen molar-refractivity contribution in [2.75, 3.05) is 5.32 Å². The van der Waals surface area contributed by atoms with Crippen molar-refractivity contribution in [3.8, 4) is 0 Å². The van der Waals surface area contributed by atoms with Crippen LogP contribution >= 0.6 is 11.6 Å². The maximum atomic E-state index is 12.3. The van der Waals surface area contributed by atoms with Gasteiger partial charge in [0.15, 0.2) is 0 Å². The molecule has 0 aliphatic heterocycles. The third kappa shape index (κ3) is 2.72. The molecule has 0 saturated heterocycles. The molecule has 0 aromatic carbocycles. The average Bonchev–Trinajstić information content (AvgIpc) is 2.89. The number of furan rings is 1. The van der Waals surface area contributed by atoms with E-state index in [0.717, 1.165) is 5.76 Å². The highest BCUT2D eigenvalue weighted by molar-refractivity contribution is 6.32. The van der Waals surface area contributed by atoms with Crippen LogP contribution in [0.3, 0.4) is 0 Å². The molecule has 106 valence electrons. The Morgan fingerprint density at radius 2 is 2.35 bits per heavy atom. The lowest BCUT2D eigenvalue weighted by Gasteiger charge is -2.25. The quantitative estimate of drug-likeness (QED) is 0.921. The fourth-order valence-electron chi connectivity index (χ4n) is 2.27. The van der Waals surface area contributed by atoms with Crippen LogP contribution < -0.4 is 10.9 Å². The van der Waals surface area contributed by atoms with Gasteiger partial charge in [0, 0.05) is 6.54 Å². The van der Waals surface area contributed by atoms with Crippen LogP contribution in [0.15, 0.2) is 33.8 Å². The van der Waals surface area contributed by atoms with Crippen molar-refractivity contribution >= 4 is 17.3 Å². The summed E-state index contributed by atoms with van der Waals surface area (Å²) >= 11 is 6.06. The van der Waals surface area contributed by atoms with E-state index in [4.69, 9.17) is 16.0 Å². The molecule has 1 aliphatic carbocycles. The highest BCUT2D eigenvalue weighted by atomic mass is 35.5. The molecule has 5 nitrogen and oxygen atoms in total. The first-order chi connectivity index (χ1) is 9.74. The van der Waals surface area contributed by atoms with Gasteiger partial charge in [-0.3, -0.25) is 4.79 Å². The Labute approximate surface area is 121 Å².